The van der Waals surface area contributed by atoms with Gasteiger partial charge in [0.05, 0.1) is 11.7 Å². The number of esters is 1. The number of hydrogen-bond donors (Lipinski definition) is 1. The Morgan fingerprint density at radius 1 is 1.36 bits per heavy atom. The second-order valence-electron chi connectivity index (χ2n) is 3.22. The molecule has 1 rings (SSSR count). The summed E-state index contributed by atoms with van der Waals surface area (Å²) in [7, 11) is 0. The molecule has 0 aliphatic rings. The lowest BCUT2D eigenvalue weighted by Gasteiger charge is -2.07. The van der Waals surface area contributed by atoms with Crippen molar-refractivity contribution in [2.24, 2.45) is 0 Å². The van der Waals surface area contributed by atoms with E-state index in [9.17, 15) is 4.79 Å². The number of carbonyl (C=O) groups is 1. The van der Waals surface area contributed by atoms with Crippen molar-refractivity contribution in [1.82, 2.24) is 0 Å². The van der Waals surface area contributed by atoms with Crippen LogP contribution < -0.4 is 0 Å². The van der Waals surface area contributed by atoms with Crippen molar-refractivity contribution in [3.05, 3.63) is 35.4 Å². The Hall–Kier alpha value is -1.64. The van der Waals surface area contributed by atoms with Gasteiger partial charge in [-0.1, -0.05) is 12.1 Å². The van der Waals surface area contributed by atoms with E-state index in [0.29, 0.717) is 5.56 Å². The van der Waals surface area contributed by atoms with Crippen LogP contribution in [-0.4, -0.2) is 18.3 Å². The van der Waals surface area contributed by atoms with Gasteiger partial charge in [-0.3, -0.25) is 0 Å². The first-order valence-corrected chi connectivity index (χ1v) is 4.45. The molecular weight excluding hydrogens is 178 g/mol. The minimum atomic E-state index is -0.323. The van der Waals surface area contributed by atoms with Gasteiger partial charge in [-0.2, -0.15) is 0 Å². The van der Waals surface area contributed by atoms with Crippen LogP contribution in [0.5, 0.6) is 0 Å². The molecule has 0 aromatic heterocycles. The summed E-state index contributed by atoms with van der Waals surface area (Å²) in [6.45, 7) is 3.62. The Labute approximate surface area is 83.2 Å². The van der Waals surface area contributed by atoms with Gasteiger partial charge >= 0.3 is 5.97 Å². The molecule has 0 bridgehead atoms. The maximum Gasteiger partial charge on any atom is 0.338 e. The monoisotopic (exact) mass is 191 g/mol. The van der Waals surface area contributed by atoms with Crippen molar-refractivity contribution >= 4 is 12.2 Å². The molecule has 1 aromatic carbocycles. The SMILES string of the molecule is CC(C)OC(=O)c1ccc(C=N)cc1. The van der Waals surface area contributed by atoms with Crippen LogP contribution in [0.3, 0.4) is 0 Å². The molecule has 0 amide bonds. The molecule has 1 aromatic rings. The van der Waals surface area contributed by atoms with Gasteiger partial charge in [0, 0.05) is 6.21 Å². The van der Waals surface area contributed by atoms with Gasteiger partial charge in [0.2, 0.25) is 0 Å². The summed E-state index contributed by atoms with van der Waals surface area (Å²) in [5.74, 6) is -0.323. The minimum Gasteiger partial charge on any atom is -0.459 e. The van der Waals surface area contributed by atoms with Crippen molar-refractivity contribution in [3.63, 3.8) is 0 Å². The molecule has 0 radical (unpaired) electrons. The second-order valence-corrected chi connectivity index (χ2v) is 3.22. The molecule has 0 saturated heterocycles. The van der Waals surface area contributed by atoms with E-state index in [4.69, 9.17) is 10.1 Å². The van der Waals surface area contributed by atoms with Crippen LogP contribution in [-0.2, 0) is 4.74 Å². The Bertz CT molecular complexity index is 328. The highest BCUT2D eigenvalue weighted by atomic mass is 16.5. The summed E-state index contributed by atoms with van der Waals surface area (Å²) in [5.41, 5.74) is 1.29. The fraction of sp³-hybridized carbons (Fsp3) is 0.273. The van der Waals surface area contributed by atoms with E-state index in [-0.39, 0.29) is 12.1 Å². The van der Waals surface area contributed by atoms with Crippen molar-refractivity contribution < 1.29 is 9.53 Å². The fourth-order valence-corrected chi connectivity index (χ4v) is 0.998. The number of nitrogens with one attached hydrogen (secondary N) is 1. The molecule has 74 valence electrons. The Balaban J connectivity index is 2.76. The first kappa shape index (κ1) is 10.4. The van der Waals surface area contributed by atoms with Gasteiger partial charge in [-0.05, 0) is 31.5 Å². The number of hydrogen-bond acceptors (Lipinski definition) is 3. The van der Waals surface area contributed by atoms with Crippen molar-refractivity contribution in [2.75, 3.05) is 0 Å². The lowest BCUT2D eigenvalue weighted by Crippen LogP contribution is -2.11. The third kappa shape index (κ3) is 2.69. The van der Waals surface area contributed by atoms with E-state index in [1.54, 1.807) is 24.3 Å². The van der Waals surface area contributed by atoms with E-state index < -0.39 is 0 Å². The van der Waals surface area contributed by atoms with Crippen LogP contribution in [0.4, 0.5) is 0 Å². The molecule has 3 heteroatoms. The normalized spacial score (nSPS) is 9.93. The van der Waals surface area contributed by atoms with Crippen molar-refractivity contribution in [1.29, 1.82) is 5.41 Å². The van der Waals surface area contributed by atoms with Crippen molar-refractivity contribution in [2.45, 2.75) is 20.0 Å². The Kier molecular flexibility index (Phi) is 3.40. The second kappa shape index (κ2) is 4.56. The summed E-state index contributed by atoms with van der Waals surface area (Å²) in [5, 5.41) is 6.99. The molecule has 0 unspecified atom stereocenters. The largest absolute Gasteiger partial charge is 0.459 e. The summed E-state index contributed by atoms with van der Waals surface area (Å²) in [4.78, 5) is 11.4. The summed E-state index contributed by atoms with van der Waals surface area (Å²) in [6, 6.07) is 6.74. The summed E-state index contributed by atoms with van der Waals surface area (Å²) >= 11 is 0. The van der Waals surface area contributed by atoms with Gasteiger partial charge in [0.15, 0.2) is 0 Å². The van der Waals surface area contributed by atoms with Crippen LogP contribution in [0.2, 0.25) is 0 Å². The molecular formula is C11H13NO2. The van der Waals surface area contributed by atoms with Crippen molar-refractivity contribution in [3.8, 4) is 0 Å². The highest BCUT2D eigenvalue weighted by Gasteiger charge is 2.07. The molecule has 0 aliphatic heterocycles. The lowest BCUT2D eigenvalue weighted by molar-refractivity contribution is 0.0378. The predicted molar refractivity (Wildman–Crippen MR) is 54.9 cm³/mol. The highest BCUT2D eigenvalue weighted by molar-refractivity contribution is 5.90. The maximum atomic E-state index is 11.4. The number of ether oxygens (including phenoxy) is 1. The smallest absolute Gasteiger partial charge is 0.338 e. The molecule has 3 nitrogen and oxygen atoms in total. The molecule has 0 heterocycles. The van der Waals surface area contributed by atoms with Crippen LogP contribution in [0.15, 0.2) is 24.3 Å². The van der Waals surface area contributed by atoms with Gasteiger partial charge in [-0.15, -0.1) is 0 Å². The van der Waals surface area contributed by atoms with Crippen LogP contribution in [0, 0.1) is 5.41 Å². The van der Waals surface area contributed by atoms with Crippen LogP contribution >= 0.6 is 0 Å². The van der Waals surface area contributed by atoms with Gasteiger partial charge in [0.25, 0.3) is 0 Å². The van der Waals surface area contributed by atoms with E-state index in [2.05, 4.69) is 0 Å². The number of rotatable bonds is 3. The van der Waals surface area contributed by atoms with Crippen LogP contribution in [0.25, 0.3) is 0 Å². The summed E-state index contributed by atoms with van der Waals surface area (Å²) in [6.07, 6.45) is 1.13. The zero-order valence-corrected chi connectivity index (χ0v) is 8.28. The average Bonchev–Trinajstić information content (AvgIpc) is 2.17. The highest BCUT2D eigenvalue weighted by Crippen LogP contribution is 2.05. The third-order valence-corrected chi connectivity index (χ3v) is 1.66. The first-order chi connectivity index (χ1) is 6.63. The van der Waals surface area contributed by atoms with E-state index in [1.807, 2.05) is 13.8 Å². The Morgan fingerprint density at radius 3 is 2.36 bits per heavy atom. The van der Waals surface area contributed by atoms with Gasteiger partial charge in [0.1, 0.15) is 0 Å². The molecule has 0 spiro atoms. The Morgan fingerprint density at radius 2 is 1.93 bits per heavy atom. The van der Waals surface area contributed by atoms with E-state index in [1.165, 1.54) is 6.21 Å². The molecule has 0 atom stereocenters. The van der Waals surface area contributed by atoms with Gasteiger partial charge < -0.3 is 10.1 Å². The number of carbonyl (C=O) groups excluding carboxylic acids is 1. The molecule has 14 heavy (non-hydrogen) atoms. The standard InChI is InChI=1S/C11H13NO2/c1-8(2)14-11(13)10-5-3-9(7-12)4-6-10/h3-8,12H,1-2H3. The zero-order chi connectivity index (χ0) is 10.6. The van der Waals surface area contributed by atoms with Crippen LogP contribution in [0.1, 0.15) is 29.8 Å². The van der Waals surface area contributed by atoms with E-state index in [0.717, 1.165) is 5.56 Å². The lowest BCUT2D eigenvalue weighted by atomic mass is 10.1. The summed E-state index contributed by atoms with van der Waals surface area (Å²) < 4.78 is 5.01. The predicted octanol–water partition coefficient (Wildman–Crippen LogP) is 2.25. The zero-order valence-electron chi connectivity index (χ0n) is 8.28. The average molecular weight is 191 g/mol. The third-order valence-electron chi connectivity index (χ3n) is 1.66. The van der Waals surface area contributed by atoms with E-state index >= 15 is 0 Å². The quantitative estimate of drug-likeness (QED) is 0.588. The minimum absolute atomic E-state index is 0.107. The molecule has 1 N–H and O–H groups in total. The molecule has 0 fully saturated rings. The fourth-order valence-electron chi connectivity index (χ4n) is 0.998. The molecule has 0 aliphatic carbocycles. The molecule has 0 saturated carbocycles. The topological polar surface area (TPSA) is 50.2 Å². The first-order valence-electron chi connectivity index (χ1n) is 4.45. The number of benzene rings is 1. The van der Waals surface area contributed by atoms with Gasteiger partial charge in [-0.25, -0.2) is 4.79 Å². The maximum absolute atomic E-state index is 11.4.